The van der Waals surface area contributed by atoms with Crippen molar-refractivity contribution in [2.24, 2.45) is 0 Å². The van der Waals surface area contributed by atoms with Crippen LogP contribution in [0.1, 0.15) is 23.2 Å². The standard InChI is InChI=1S/C24H23FN2O4S/c25-20-4-1-3-19(15-20)17-8-12-23(13-9-17)32(29,30)27-21-10-6-18(7-11-21)24(28)26-16-22-5-2-14-31-22/h1,3-4,6-13,15,22,27H,2,5,14,16H2,(H,26,28)/t22-/m0/s1. The summed E-state index contributed by atoms with van der Waals surface area (Å²) < 4.78 is 46.8. The molecule has 6 nitrogen and oxygen atoms in total. The van der Waals surface area contributed by atoms with Gasteiger partial charge in [0.25, 0.3) is 15.9 Å². The van der Waals surface area contributed by atoms with Gasteiger partial charge in [0.05, 0.1) is 11.0 Å². The molecule has 1 aliphatic heterocycles. The Labute approximate surface area is 186 Å². The van der Waals surface area contributed by atoms with Crippen LogP contribution in [0, 0.1) is 5.82 Å². The molecule has 3 aromatic rings. The number of amides is 1. The molecule has 0 aliphatic carbocycles. The van der Waals surface area contributed by atoms with E-state index < -0.39 is 10.0 Å². The molecular formula is C24H23FN2O4S. The van der Waals surface area contributed by atoms with E-state index in [2.05, 4.69) is 10.0 Å². The van der Waals surface area contributed by atoms with Gasteiger partial charge >= 0.3 is 0 Å². The molecule has 1 heterocycles. The highest BCUT2D eigenvalue weighted by molar-refractivity contribution is 7.92. The van der Waals surface area contributed by atoms with Crippen LogP contribution >= 0.6 is 0 Å². The third kappa shape index (κ3) is 5.33. The number of halogens is 1. The molecule has 4 rings (SSSR count). The molecule has 1 saturated heterocycles. The maximum Gasteiger partial charge on any atom is 0.261 e. The largest absolute Gasteiger partial charge is 0.376 e. The first-order valence-electron chi connectivity index (χ1n) is 10.3. The Balaban J connectivity index is 1.40. The lowest BCUT2D eigenvalue weighted by atomic mass is 10.1. The summed E-state index contributed by atoms with van der Waals surface area (Å²) in [6.07, 6.45) is 1.99. The van der Waals surface area contributed by atoms with Gasteiger partial charge in [0, 0.05) is 24.4 Å². The van der Waals surface area contributed by atoms with Crippen LogP contribution in [-0.4, -0.2) is 33.6 Å². The topological polar surface area (TPSA) is 84.5 Å². The average Bonchev–Trinajstić information content (AvgIpc) is 3.32. The molecule has 0 unspecified atom stereocenters. The zero-order valence-electron chi connectivity index (χ0n) is 17.3. The van der Waals surface area contributed by atoms with Gasteiger partial charge < -0.3 is 10.1 Å². The number of rotatable bonds is 7. The minimum absolute atomic E-state index is 0.0531. The van der Waals surface area contributed by atoms with E-state index in [9.17, 15) is 17.6 Å². The number of sulfonamides is 1. The summed E-state index contributed by atoms with van der Waals surface area (Å²) in [6.45, 7) is 1.18. The molecular weight excluding hydrogens is 431 g/mol. The van der Waals surface area contributed by atoms with Crippen LogP contribution in [0.3, 0.4) is 0 Å². The number of benzene rings is 3. The molecule has 8 heteroatoms. The van der Waals surface area contributed by atoms with E-state index in [0.29, 0.717) is 28.9 Å². The highest BCUT2D eigenvalue weighted by Gasteiger charge is 2.17. The first-order chi connectivity index (χ1) is 15.4. The molecule has 2 N–H and O–H groups in total. The van der Waals surface area contributed by atoms with Crippen molar-refractivity contribution in [1.29, 1.82) is 0 Å². The Bertz CT molecular complexity index is 1190. The van der Waals surface area contributed by atoms with Crippen molar-refractivity contribution in [2.75, 3.05) is 17.9 Å². The number of nitrogens with one attached hydrogen (secondary N) is 2. The van der Waals surface area contributed by atoms with Gasteiger partial charge in [-0.1, -0.05) is 24.3 Å². The molecule has 0 spiro atoms. The smallest absolute Gasteiger partial charge is 0.261 e. The van der Waals surface area contributed by atoms with Crippen LogP contribution in [0.2, 0.25) is 0 Å². The van der Waals surface area contributed by atoms with Gasteiger partial charge in [-0.2, -0.15) is 0 Å². The summed E-state index contributed by atoms with van der Waals surface area (Å²) in [5.41, 5.74) is 2.15. The molecule has 1 fully saturated rings. The lowest BCUT2D eigenvalue weighted by Gasteiger charge is -2.12. The number of hydrogen-bond acceptors (Lipinski definition) is 4. The SMILES string of the molecule is O=C(NC[C@@H]1CCCO1)c1ccc(NS(=O)(=O)c2ccc(-c3cccc(F)c3)cc2)cc1. The van der Waals surface area contributed by atoms with E-state index in [1.165, 1.54) is 24.3 Å². The zero-order chi connectivity index (χ0) is 22.6. The van der Waals surface area contributed by atoms with Crippen LogP contribution < -0.4 is 10.0 Å². The van der Waals surface area contributed by atoms with Crippen LogP contribution in [-0.2, 0) is 14.8 Å². The predicted molar refractivity (Wildman–Crippen MR) is 120 cm³/mol. The predicted octanol–water partition coefficient (Wildman–Crippen LogP) is 4.20. The Kier molecular flexibility index (Phi) is 6.53. The van der Waals surface area contributed by atoms with Gasteiger partial charge in [0.1, 0.15) is 5.82 Å². The van der Waals surface area contributed by atoms with E-state index >= 15 is 0 Å². The molecule has 0 bridgehead atoms. The first-order valence-corrected chi connectivity index (χ1v) is 11.8. The Morgan fingerprint density at radius 2 is 1.75 bits per heavy atom. The molecule has 1 atom stereocenters. The van der Waals surface area contributed by atoms with E-state index in [1.807, 2.05) is 0 Å². The highest BCUT2D eigenvalue weighted by atomic mass is 32.2. The maximum absolute atomic E-state index is 13.4. The maximum atomic E-state index is 13.4. The fourth-order valence-electron chi connectivity index (χ4n) is 3.51. The van der Waals surface area contributed by atoms with Gasteiger partial charge in [-0.05, 0) is 72.5 Å². The van der Waals surface area contributed by atoms with E-state index in [-0.39, 0.29) is 22.7 Å². The van der Waals surface area contributed by atoms with Crippen molar-refractivity contribution >= 4 is 21.6 Å². The van der Waals surface area contributed by atoms with Crippen LogP contribution in [0.5, 0.6) is 0 Å². The van der Waals surface area contributed by atoms with Gasteiger partial charge in [-0.15, -0.1) is 0 Å². The molecule has 1 amide bonds. The first kappa shape index (κ1) is 22.0. The molecule has 0 radical (unpaired) electrons. The number of carbonyl (C=O) groups is 1. The van der Waals surface area contributed by atoms with Crippen molar-refractivity contribution in [2.45, 2.75) is 23.8 Å². The summed E-state index contributed by atoms with van der Waals surface area (Å²) >= 11 is 0. The van der Waals surface area contributed by atoms with E-state index in [1.54, 1.807) is 48.5 Å². The summed E-state index contributed by atoms with van der Waals surface area (Å²) in [6, 6.07) is 18.5. The number of hydrogen-bond donors (Lipinski definition) is 2. The highest BCUT2D eigenvalue weighted by Crippen LogP contribution is 2.23. The van der Waals surface area contributed by atoms with Crippen molar-refractivity contribution in [3.05, 3.63) is 84.2 Å². The van der Waals surface area contributed by atoms with Gasteiger partial charge in [-0.25, -0.2) is 12.8 Å². The lowest BCUT2D eigenvalue weighted by Crippen LogP contribution is -2.31. The molecule has 32 heavy (non-hydrogen) atoms. The average molecular weight is 455 g/mol. The molecule has 3 aromatic carbocycles. The fraction of sp³-hybridized carbons (Fsp3) is 0.208. The lowest BCUT2D eigenvalue weighted by molar-refractivity contribution is 0.0858. The summed E-state index contributed by atoms with van der Waals surface area (Å²) in [5, 5.41) is 2.83. The van der Waals surface area contributed by atoms with Crippen molar-refractivity contribution in [3.63, 3.8) is 0 Å². The molecule has 1 aliphatic rings. The second kappa shape index (κ2) is 9.50. The third-order valence-electron chi connectivity index (χ3n) is 5.24. The Hall–Kier alpha value is -3.23. The zero-order valence-corrected chi connectivity index (χ0v) is 18.1. The van der Waals surface area contributed by atoms with Gasteiger partial charge in [0.15, 0.2) is 0 Å². The van der Waals surface area contributed by atoms with Crippen molar-refractivity contribution in [1.82, 2.24) is 5.32 Å². The monoisotopic (exact) mass is 454 g/mol. The summed E-state index contributed by atoms with van der Waals surface area (Å²) in [4.78, 5) is 12.3. The molecule has 166 valence electrons. The van der Waals surface area contributed by atoms with E-state index in [0.717, 1.165) is 19.4 Å². The fourth-order valence-corrected chi connectivity index (χ4v) is 4.57. The summed E-state index contributed by atoms with van der Waals surface area (Å²) in [5.74, 6) is -0.590. The third-order valence-corrected chi connectivity index (χ3v) is 6.63. The van der Waals surface area contributed by atoms with Gasteiger partial charge in [-0.3, -0.25) is 9.52 Å². The normalized spacial score (nSPS) is 16.0. The van der Waals surface area contributed by atoms with Crippen molar-refractivity contribution < 1.29 is 22.3 Å². The minimum atomic E-state index is -3.82. The van der Waals surface area contributed by atoms with Gasteiger partial charge in [0.2, 0.25) is 0 Å². The summed E-state index contributed by atoms with van der Waals surface area (Å²) in [7, 11) is -3.82. The number of ether oxygens (including phenoxy) is 1. The van der Waals surface area contributed by atoms with Crippen molar-refractivity contribution in [3.8, 4) is 11.1 Å². The van der Waals surface area contributed by atoms with Crippen LogP contribution in [0.4, 0.5) is 10.1 Å². The Morgan fingerprint density at radius 3 is 2.41 bits per heavy atom. The molecule has 0 aromatic heterocycles. The quantitative estimate of drug-likeness (QED) is 0.560. The van der Waals surface area contributed by atoms with E-state index in [4.69, 9.17) is 4.74 Å². The molecule has 0 saturated carbocycles. The number of carbonyl (C=O) groups excluding carboxylic acids is 1. The second-order valence-corrected chi connectivity index (χ2v) is 9.25. The minimum Gasteiger partial charge on any atom is -0.376 e. The number of anilines is 1. The van der Waals surface area contributed by atoms with Crippen LogP contribution in [0.25, 0.3) is 11.1 Å². The Morgan fingerprint density at radius 1 is 1.00 bits per heavy atom. The van der Waals surface area contributed by atoms with Crippen LogP contribution in [0.15, 0.2) is 77.7 Å². The second-order valence-electron chi connectivity index (χ2n) is 7.56.